The molecule has 0 aromatic heterocycles. The molecule has 17 heavy (non-hydrogen) atoms. The van der Waals surface area contributed by atoms with Gasteiger partial charge in [0, 0.05) is 25.0 Å². The molecule has 0 bridgehead atoms. The highest BCUT2D eigenvalue weighted by atomic mass is 16.1. The van der Waals surface area contributed by atoms with E-state index in [1.807, 2.05) is 13.8 Å². The van der Waals surface area contributed by atoms with Crippen LogP contribution in [-0.2, 0) is 4.79 Å². The number of nitrogens with two attached hydrogens (primary N) is 1. The van der Waals surface area contributed by atoms with Crippen LogP contribution in [0.15, 0.2) is 0 Å². The largest absolute Gasteiger partial charge is 0.354 e. The Morgan fingerprint density at radius 2 is 2.12 bits per heavy atom. The maximum atomic E-state index is 11.6. The molecule has 4 heteroatoms. The van der Waals surface area contributed by atoms with E-state index in [0.29, 0.717) is 13.0 Å². The number of carbonyl (C=O) groups is 1. The van der Waals surface area contributed by atoms with Gasteiger partial charge in [0.05, 0.1) is 0 Å². The van der Waals surface area contributed by atoms with Crippen LogP contribution in [0.1, 0.15) is 46.0 Å². The van der Waals surface area contributed by atoms with Crippen molar-refractivity contribution in [1.82, 2.24) is 10.6 Å². The Balaban J connectivity index is 2.11. The van der Waals surface area contributed by atoms with Gasteiger partial charge in [0.1, 0.15) is 0 Å². The predicted octanol–water partition coefficient (Wildman–Crippen LogP) is 1.01. The molecule has 1 atom stereocenters. The molecule has 0 aromatic carbocycles. The minimum atomic E-state index is 0.0894. The van der Waals surface area contributed by atoms with Crippen molar-refractivity contribution < 1.29 is 4.79 Å². The molecule has 0 spiro atoms. The van der Waals surface area contributed by atoms with Crippen molar-refractivity contribution >= 4 is 5.91 Å². The van der Waals surface area contributed by atoms with Gasteiger partial charge in [-0.25, -0.2) is 0 Å². The molecule has 1 aliphatic carbocycles. The summed E-state index contributed by atoms with van der Waals surface area (Å²) in [5, 5.41) is 6.28. The van der Waals surface area contributed by atoms with Gasteiger partial charge in [-0.1, -0.05) is 19.3 Å². The van der Waals surface area contributed by atoms with E-state index in [0.717, 1.165) is 12.5 Å². The summed E-state index contributed by atoms with van der Waals surface area (Å²) in [5.41, 5.74) is 5.67. The van der Waals surface area contributed by atoms with Gasteiger partial charge in [-0.05, 0) is 32.7 Å². The number of rotatable bonds is 8. The monoisotopic (exact) mass is 241 g/mol. The first-order valence-electron chi connectivity index (χ1n) is 6.84. The van der Waals surface area contributed by atoms with Crippen LogP contribution in [0.4, 0.5) is 0 Å². The molecule has 1 saturated carbocycles. The molecule has 0 saturated heterocycles. The number of carbonyl (C=O) groups excluding carboxylic acids is 1. The van der Waals surface area contributed by atoms with Crippen LogP contribution in [0, 0.1) is 5.92 Å². The molecule has 1 aliphatic rings. The van der Waals surface area contributed by atoms with E-state index in [2.05, 4.69) is 10.6 Å². The molecule has 100 valence electrons. The highest BCUT2D eigenvalue weighted by molar-refractivity contribution is 5.76. The molecule has 1 unspecified atom stereocenters. The summed E-state index contributed by atoms with van der Waals surface area (Å²) in [6.07, 6.45) is 5.86. The second kappa shape index (κ2) is 7.67. The summed E-state index contributed by atoms with van der Waals surface area (Å²) in [6, 6.07) is 0.324. The average molecular weight is 241 g/mol. The van der Waals surface area contributed by atoms with E-state index in [4.69, 9.17) is 5.73 Å². The molecular weight excluding hydrogens is 214 g/mol. The fraction of sp³-hybridized carbons (Fsp3) is 0.923. The Kier molecular flexibility index (Phi) is 6.52. The Hall–Kier alpha value is -0.610. The SMILES string of the molecule is CC(C)NC(=O)CC(CN)NCCC1CCC1. The molecule has 0 aliphatic heterocycles. The zero-order chi connectivity index (χ0) is 12.7. The van der Waals surface area contributed by atoms with Gasteiger partial charge < -0.3 is 16.4 Å². The second-order valence-electron chi connectivity index (χ2n) is 5.40. The molecule has 1 amide bonds. The summed E-state index contributed by atoms with van der Waals surface area (Å²) in [7, 11) is 0. The van der Waals surface area contributed by atoms with Crippen LogP contribution in [-0.4, -0.2) is 31.1 Å². The van der Waals surface area contributed by atoms with Crippen LogP contribution in [0.2, 0.25) is 0 Å². The number of hydrogen-bond acceptors (Lipinski definition) is 3. The number of amides is 1. The van der Waals surface area contributed by atoms with Crippen LogP contribution in [0.5, 0.6) is 0 Å². The summed E-state index contributed by atoms with van der Waals surface area (Å²) in [4.78, 5) is 11.6. The van der Waals surface area contributed by atoms with Crippen LogP contribution in [0.3, 0.4) is 0 Å². The zero-order valence-corrected chi connectivity index (χ0v) is 11.2. The lowest BCUT2D eigenvalue weighted by Crippen LogP contribution is -2.42. The molecular formula is C13H27N3O. The molecule has 1 rings (SSSR count). The molecule has 4 N–H and O–H groups in total. The van der Waals surface area contributed by atoms with E-state index in [9.17, 15) is 4.79 Å². The Labute approximate surface area is 105 Å². The minimum absolute atomic E-state index is 0.0894. The topological polar surface area (TPSA) is 67.2 Å². The van der Waals surface area contributed by atoms with Crippen molar-refractivity contribution in [2.24, 2.45) is 11.7 Å². The van der Waals surface area contributed by atoms with Gasteiger partial charge in [-0.3, -0.25) is 4.79 Å². The fourth-order valence-corrected chi connectivity index (χ4v) is 2.12. The maximum absolute atomic E-state index is 11.6. The van der Waals surface area contributed by atoms with Crippen molar-refractivity contribution in [2.75, 3.05) is 13.1 Å². The highest BCUT2D eigenvalue weighted by Gasteiger charge is 2.18. The van der Waals surface area contributed by atoms with Crippen LogP contribution < -0.4 is 16.4 Å². The Morgan fingerprint density at radius 3 is 2.59 bits per heavy atom. The van der Waals surface area contributed by atoms with Crippen molar-refractivity contribution in [3.63, 3.8) is 0 Å². The molecule has 0 aromatic rings. The van der Waals surface area contributed by atoms with E-state index < -0.39 is 0 Å². The highest BCUT2D eigenvalue weighted by Crippen LogP contribution is 2.28. The lowest BCUT2D eigenvalue weighted by atomic mass is 9.83. The number of hydrogen-bond donors (Lipinski definition) is 3. The maximum Gasteiger partial charge on any atom is 0.221 e. The standard InChI is InChI=1S/C13H27N3O/c1-10(2)16-13(17)8-12(9-14)15-7-6-11-4-3-5-11/h10-12,15H,3-9,14H2,1-2H3,(H,16,17). The molecule has 0 heterocycles. The van der Waals surface area contributed by atoms with Gasteiger partial charge >= 0.3 is 0 Å². The van der Waals surface area contributed by atoms with E-state index in [1.165, 1.54) is 25.7 Å². The average Bonchev–Trinajstić information content (AvgIpc) is 2.18. The zero-order valence-electron chi connectivity index (χ0n) is 11.2. The molecule has 4 nitrogen and oxygen atoms in total. The normalized spacial score (nSPS) is 17.9. The van der Waals surface area contributed by atoms with Gasteiger partial charge in [0.2, 0.25) is 5.91 Å². The fourth-order valence-electron chi connectivity index (χ4n) is 2.12. The predicted molar refractivity (Wildman–Crippen MR) is 70.7 cm³/mol. The van der Waals surface area contributed by atoms with E-state index >= 15 is 0 Å². The first-order valence-corrected chi connectivity index (χ1v) is 6.84. The number of nitrogens with one attached hydrogen (secondary N) is 2. The first-order chi connectivity index (χ1) is 8.11. The van der Waals surface area contributed by atoms with Gasteiger partial charge in [0.15, 0.2) is 0 Å². The van der Waals surface area contributed by atoms with Crippen molar-refractivity contribution in [1.29, 1.82) is 0 Å². The third kappa shape index (κ3) is 6.03. The lowest BCUT2D eigenvalue weighted by molar-refractivity contribution is -0.122. The summed E-state index contributed by atoms with van der Waals surface area (Å²) < 4.78 is 0. The minimum Gasteiger partial charge on any atom is -0.354 e. The quantitative estimate of drug-likeness (QED) is 0.594. The molecule has 1 fully saturated rings. The van der Waals surface area contributed by atoms with Crippen LogP contribution >= 0.6 is 0 Å². The van der Waals surface area contributed by atoms with E-state index in [1.54, 1.807) is 0 Å². The van der Waals surface area contributed by atoms with Gasteiger partial charge in [-0.2, -0.15) is 0 Å². The Morgan fingerprint density at radius 1 is 1.41 bits per heavy atom. The lowest BCUT2D eigenvalue weighted by Gasteiger charge is -2.26. The summed E-state index contributed by atoms with van der Waals surface area (Å²) in [6.45, 7) is 5.45. The smallest absolute Gasteiger partial charge is 0.221 e. The van der Waals surface area contributed by atoms with Crippen LogP contribution in [0.25, 0.3) is 0 Å². The first kappa shape index (κ1) is 14.5. The van der Waals surface area contributed by atoms with Crippen molar-refractivity contribution in [3.05, 3.63) is 0 Å². The van der Waals surface area contributed by atoms with Gasteiger partial charge in [-0.15, -0.1) is 0 Å². The van der Waals surface area contributed by atoms with E-state index in [-0.39, 0.29) is 18.0 Å². The third-order valence-corrected chi connectivity index (χ3v) is 3.38. The van der Waals surface area contributed by atoms with Crippen molar-refractivity contribution in [3.8, 4) is 0 Å². The second-order valence-corrected chi connectivity index (χ2v) is 5.40. The van der Waals surface area contributed by atoms with Gasteiger partial charge in [0.25, 0.3) is 0 Å². The van der Waals surface area contributed by atoms with Crippen molar-refractivity contribution in [2.45, 2.75) is 58.0 Å². The summed E-state index contributed by atoms with van der Waals surface area (Å²) in [5.74, 6) is 0.997. The Bertz CT molecular complexity index is 227. The third-order valence-electron chi connectivity index (χ3n) is 3.38. The molecule has 0 radical (unpaired) electrons. The summed E-state index contributed by atoms with van der Waals surface area (Å²) >= 11 is 0.